The van der Waals surface area contributed by atoms with Gasteiger partial charge < -0.3 is 5.32 Å². The van der Waals surface area contributed by atoms with Crippen molar-refractivity contribution in [1.82, 2.24) is 5.32 Å². The molecular weight excluding hydrogens is 174 g/mol. The highest BCUT2D eigenvalue weighted by Crippen LogP contribution is 2.38. The molecule has 1 saturated carbocycles. The average molecular weight is 195 g/mol. The van der Waals surface area contributed by atoms with Gasteiger partial charge in [0.2, 0.25) is 5.91 Å². The Kier molecular flexibility index (Phi) is 3.35. The molecule has 1 amide bonds. The van der Waals surface area contributed by atoms with E-state index in [2.05, 4.69) is 17.5 Å². The van der Waals surface area contributed by atoms with E-state index in [0.717, 1.165) is 12.3 Å². The molecular formula is C12H21NO. The summed E-state index contributed by atoms with van der Waals surface area (Å²) in [4.78, 5) is 11.4. The molecule has 0 heterocycles. The van der Waals surface area contributed by atoms with Crippen LogP contribution in [-0.2, 0) is 4.79 Å². The molecule has 0 aromatic rings. The highest BCUT2D eigenvalue weighted by Gasteiger charge is 2.36. The van der Waals surface area contributed by atoms with Crippen LogP contribution < -0.4 is 5.32 Å². The Labute approximate surface area is 86.8 Å². The number of carbonyl (C=O) groups excluding carboxylic acids is 1. The van der Waals surface area contributed by atoms with Crippen molar-refractivity contribution in [1.29, 1.82) is 0 Å². The summed E-state index contributed by atoms with van der Waals surface area (Å²) < 4.78 is 0. The minimum absolute atomic E-state index is 0. The van der Waals surface area contributed by atoms with Gasteiger partial charge in [-0.05, 0) is 24.7 Å². The van der Waals surface area contributed by atoms with E-state index in [-0.39, 0.29) is 19.3 Å². The number of fused-ring (bicyclic) bond motifs is 2. The van der Waals surface area contributed by atoms with Gasteiger partial charge in [0.25, 0.3) is 0 Å². The van der Waals surface area contributed by atoms with Gasteiger partial charge in [0.1, 0.15) is 0 Å². The molecule has 14 heavy (non-hydrogen) atoms. The van der Waals surface area contributed by atoms with E-state index in [0.29, 0.717) is 12.0 Å². The van der Waals surface area contributed by atoms with Gasteiger partial charge in [0.15, 0.2) is 0 Å². The van der Waals surface area contributed by atoms with Gasteiger partial charge in [0, 0.05) is 12.0 Å². The lowest BCUT2D eigenvalue weighted by Gasteiger charge is -2.20. The normalized spacial score (nSPS) is 33.2. The van der Waals surface area contributed by atoms with Gasteiger partial charge in [-0.2, -0.15) is 0 Å². The summed E-state index contributed by atoms with van der Waals surface area (Å²) >= 11 is 0. The van der Waals surface area contributed by atoms with E-state index >= 15 is 0 Å². The molecule has 0 aromatic carbocycles. The first-order valence-corrected chi connectivity index (χ1v) is 5.15. The lowest BCUT2D eigenvalue weighted by Crippen LogP contribution is -2.39. The number of hydrogen-bond acceptors (Lipinski definition) is 1. The fourth-order valence-corrected chi connectivity index (χ4v) is 2.30. The molecule has 2 aliphatic rings. The molecule has 0 aromatic heterocycles. The monoisotopic (exact) mass is 195 g/mol. The third kappa shape index (κ3) is 1.99. The van der Waals surface area contributed by atoms with E-state index in [1.165, 1.54) is 6.42 Å². The molecule has 0 radical (unpaired) electrons. The highest BCUT2D eigenvalue weighted by atomic mass is 16.1. The summed E-state index contributed by atoms with van der Waals surface area (Å²) in [5.74, 6) is 1.67. The van der Waals surface area contributed by atoms with E-state index in [1.54, 1.807) is 0 Å². The van der Waals surface area contributed by atoms with Crippen LogP contribution in [0.1, 0.15) is 34.1 Å². The standard InChI is InChI=1S/C11H17NO.CH4/c1-7(2)11(13)12-10-6-8-3-4-9(10)5-8;/h3-4,7-10H,5-6H2,1-2H3,(H,12,13);1H4. The predicted molar refractivity (Wildman–Crippen MR) is 58.9 cm³/mol. The molecule has 0 aliphatic heterocycles. The Morgan fingerprint density at radius 1 is 1.36 bits per heavy atom. The first-order chi connectivity index (χ1) is 6.16. The quantitative estimate of drug-likeness (QED) is 0.673. The Hall–Kier alpha value is -0.790. The zero-order valence-electron chi connectivity index (χ0n) is 8.29. The zero-order valence-corrected chi connectivity index (χ0v) is 8.29. The Bertz CT molecular complexity index is 245. The summed E-state index contributed by atoms with van der Waals surface area (Å²) in [6.45, 7) is 3.89. The van der Waals surface area contributed by atoms with Crippen molar-refractivity contribution in [3.05, 3.63) is 12.2 Å². The summed E-state index contributed by atoms with van der Waals surface area (Å²) in [7, 11) is 0. The lowest BCUT2D eigenvalue weighted by molar-refractivity contribution is -0.124. The number of allylic oxidation sites excluding steroid dienone is 1. The van der Waals surface area contributed by atoms with Crippen LogP contribution in [-0.4, -0.2) is 11.9 Å². The topological polar surface area (TPSA) is 29.1 Å². The van der Waals surface area contributed by atoms with Gasteiger partial charge in [-0.15, -0.1) is 0 Å². The van der Waals surface area contributed by atoms with Crippen molar-refractivity contribution in [2.24, 2.45) is 17.8 Å². The van der Waals surface area contributed by atoms with E-state index in [9.17, 15) is 4.79 Å². The molecule has 2 rings (SSSR count). The summed E-state index contributed by atoms with van der Waals surface area (Å²) in [6, 6.07) is 0.421. The minimum atomic E-state index is 0. The Balaban J connectivity index is 0.000000980. The van der Waals surface area contributed by atoms with Crippen molar-refractivity contribution >= 4 is 5.91 Å². The van der Waals surface area contributed by atoms with Gasteiger partial charge in [-0.1, -0.05) is 33.4 Å². The summed E-state index contributed by atoms with van der Waals surface area (Å²) in [5.41, 5.74) is 0. The molecule has 2 heteroatoms. The molecule has 0 saturated heterocycles. The molecule has 2 bridgehead atoms. The molecule has 0 spiro atoms. The molecule has 1 fully saturated rings. The second-order valence-electron chi connectivity index (χ2n) is 4.55. The second kappa shape index (κ2) is 4.16. The SMILES string of the molecule is C.CC(C)C(=O)NC1CC2C=CC1C2. The van der Waals surface area contributed by atoms with Crippen LogP contribution in [0.25, 0.3) is 0 Å². The summed E-state index contributed by atoms with van der Waals surface area (Å²) in [5, 5.41) is 3.12. The Morgan fingerprint density at radius 2 is 2.07 bits per heavy atom. The van der Waals surface area contributed by atoms with Gasteiger partial charge in [0.05, 0.1) is 0 Å². The molecule has 1 N–H and O–H groups in total. The van der Waals surface area contributed by atoms with Crippen LogP contribution in [0.3, 0.4) is 0 Å². The van der Waals surface area contributed by atoms with Crippen LogP contribution in [0.2, 0.25) is 0 Å². The molecule has 80 valence electrons. The van der Waals surface area contributed by atoms with Crippen molar-refractivity contribution in [3.63, 3.8) is 0 Å². The van der Waals surface area contributed by atoms with Crippen molar-refractivity contribution in [2.75, 3.05) is 0 Å². The largest absolute Gasteiger partial charge is 0.353 e. The van der Waals surface area contributed by atoms with Crippen LogP contribution in [0.4, 0.5) is 0 Å². The van der Waals surface area contributed by atoms with Crippen molar-refractivity contribution < 1.29 is 4.79 Å². The minimum Gasteiger partial charge on any atom is -0.353 e. The maximum atomic E-state index is 11.4. The number of rotatable bonds is 2. The summed E-state index contributed by atoms with van der Waals surface area (Å²) in [6.07, 6.45) is 6.96. The van der Waals surface area contributed by atoms with Crippen LogP contribution in [0.5, 0.6) is 0 Å². The van der Waals surface area contributed by atoms with Crippen LogP contribution in [0.15, 0.2) is 12.2 Å². The molecule has 3 atom stereocenters. The Morgan fingerprint density at radius 3 is 2.50 bits per heavy atom. The van der Waals surface area contributed by atoms with Crippen LogP contribution >= 0.6 is 0 Å². The second-order valence-corrected chi connectivity index (χ2v) is 4.55. The third-order valence-electron chi connectivity index (χ3n) is 3.13. The van der Waals surface area contributed by atoms with Crippen molar-refractivity contribution in [2.45, 2.75) is 40.2 Å². The van der Waals surface area contributed by atoms with Gasteiger partial charge in [-0.25, -0.2) is 0 Å². The number of nitrogens with one attached hydrogen (secondary N) is 1. The maximum Gasteiger partial charge on any atom is 0.222 e. The fraction of sp³-hybridized carbons (Fsp3) is 0.750. The first-order valence-electron chi connectivity index (χ1n) is 5.15. The molecule has 2 aliphatic carbocycles. The van der Waals surface area contributed by atoms with E-state index in [4.69, 9.17) is 0 Å². The predicted octanol–water partition coefficient (Wildman–Crippen LogP) is 2.36. The third-order valence-corrected chi connectivity index (χ3v) is 3.13. The maximum absolute atomic E-state index is 11.4. The van der Waals surface area contributed by atoms with E-state index in [1.807, 2.05) is 13.8 Å². The number of hydrogen-bond donors (Lipinski definition) is 1. The lowest BCUT2D eigenvalue weighted by atomic mass is 10.0. The smallest absolute Gasteiger partial charge is 0.222 e. The first kappa shape index (κ1) is 11.3. The van der Waals surface area contributed by atoms with Crippen LogP contribution in [0, 0.1) is 17.8 Å². The molecule has 3 unspecified atom stereocenters. The zero-order chi connectivity index (χ0) is 9.42. The number of carbonyl (C=O) groups is 1. The highest BCUT2D eigenvalue weighted by molar-refractivity contribution is 5.78. The average Bonchev–Trinajstić information content (AvgIpc) is 2.64. The fourth-order valence-electron chi connectivity index (χ4n) is 2.30. The number of amides is 1. The molecule has 2 nitrogen and oxygen atoms in total. The van der Waals surface area contributed by atoms with Crippen molar-refractivity contribution in [3.8, 4) is 0 Å². The van der Waals surface area contributed by atoms with E-state index < -0.39 is 0 Å². The van der Waals surface area contributed by atoms with Gasteiger partial charge in [-0.3, -0.25) is 4.79 Å². The van der Waals surface area contributed by atoms with Gasteiger partial charge >= 0.3 is 0 Å².